The van der Waals surface area contributed by atoms with Gasteiger partial charge in [-0.3, -0.25) is 9.69 Å². The summed E-state index contributed by atoms with van der Waals surface area (Å²) in [4.78, 5) is 24.2. The summed E-state index contributed by atoms with van der Waals surface area (Å²) in [5.41, 5.74) is 1.62. The summed E-state index contributed by atoms with van der Waals surface area (Å²) in [6.07, 6.45) is 0.658. The topological polar surface area (TPSA) is 66.8 Å². The van der Waals surface area contributed by atoms with Gasteiger partial charge in [-0.1, -0.05) is 12.1 Å². The smallest absolute Gasteiger partial charge is 0.326 e. The lowest BCUT2D eigenvalue weighted by Crippen LogP contribution is -2.38. The first-order valence-corrected chi connectivity index (χ1v) is 5.76. The Labute approximate surface area is 105 Å². The number of aliphatic carboxylic acids is 1. The lowest BCUT2D eigenvalue weighted by molar-refractivity contribution is -0.138. The second kappa shape index (κ2) is 5.18. The molecule has 0 saturated carbocycles. The van der Waals surface area contributed by atoms with Crippen molar-refractivity contribution in [3.05, 3.63) is 29.8 Å². The molecule has 0 unspecified atom stereocenters. The van der Waals surface area contributed by atoms with E-state index >= 15 is 0 Å². The van der Waals surface area contributed by atoms with Crippen molar-refractivity contribution in [1.29, 1.82) is 0 Å². The number of rotatable bonds is 4. The molecule has 0 spiro atoms. The van der Waals surface area contributed by atoms with Crippen molar-refractivity contribution < 1.29 is 19.4 Å². The molecule has 1 aliphatic rings. The first kappa shape index (κ1) is 12.6. The Morgan fingerprint density at radius 1 is 1.44 bits per heavy atom. The Morgan fingerprint density at radius 3 is 2.67 bits per heavy atom. The van der Waals surface area contributed by atoms with Crippen molar-refractivity contribution in [3.8, 4) is 0 Å². The van der Waals surface area contributed by atoms with Crippen LogP contribution in [0.4, 0.5) is 5.69 Å². The van der Waals surface area contributed by atoms with Crippen LogP contribution in [0.1, 0.15) is 18.4 Å². The standard InChI is InChI=1S/C13H15NO4/c1-18-8-9-2-4-10(5-3-9)14-11(13(16)17)6-7-12(14)15/h2-5,11H,6-8H2,1H3,(H,16,17)/t11-/m0/s1. The second-order valence-corrected chi connectivity index (χ2v) is 4.26. The molecule has 1 aromatic carbocycles. The highest BCUT2D eigenvalue weighted by Gasteiger charge is 2.36. The summed E-state index contributed by atoms with van der Waals surface area (Å²) < 4.78 is 5.00. The zero-order chi connectivity index (χ0) is 13.1. The van der Waals surface area contributed by atoms with Crippen LogP contribution < -0.4 is 4.90 Å². The number of carboxylic acids is 1. The fourth-order valence-electron chi connectivity index (χ4n) is 2.16. The Bertz CT molecular complexity index is 455. The average Bonchev–Trinajstić information content (AvgIpc) is 2.73. The molecule has 0 bridgehead atoms. The van der Waals surface area contributed by atoms with E-state index in [-0.39, 0.29) is 12.3 Å². The zero-order valence-electron chi connectivity index (χ0n) is 10.1. The fourth-order valence-corrected chi connectivity index (χ4v) is 2.16. The van der Waals surface area contributed by atoms with Crippen LogP contribution >= 0.6 is 0 Å². The van der Waals surface area contributed by atoms with Gasteiger partial charge in [0.2, 0.25) is 5.91 Å². The van der Waals surface area contributed by atoms with Gasteiger partial charge in [0.25, 0.3) is 0 Å². The maximum Gasteiger partial charge on any atom is 0.326 e. The number of anilines is 1. The van der Waals surface area contributed by atoms with Crippen molar-refractivity contribution in [2.75, 3.05) is 12.0 Å². The van der Waals surface area contributed by atoms with E-state index in [2.05, 4.69) is 0 Å². The predicted octanol–water partition coefficient (Wildman–Crippen LogP) is 1.41. The van der Waals surface area contributed by atoms with Crippen LogP contribution in [0, 0.1) is 0 Å². The highest BCUT2D eigenvalue weighted by Crippen LogP contribution is 2.27. The molecule has 1 saturated heterocycles. The van der Waals surface area contributed by atoms with Crippen LogP contribution in [-0.2, 0) is 20.9 Å². The van der Waals surface area contributed by atoms with Gasteiger partial charge in [-0.05, 0) is 24.1 Å². The first-order valence-electron chi connectivity index (χ1n) is 5.76. The number of methoxy groups -OCH3 is 1. The van der Waals surface area contributed by atoms with Gasteiger partial charge >= 0.3 is 5.97 Å². The van der Waals surface area contributed by atoms with E-state index in [1.807, 2.05) is 12.1 Å². The third kappa shape index (κ3) is 2.36. The lowest BCUT2D eigenvalue weighted by atomic mass is 10.2. The molecular formula is C13H15NO4. The number of carboxylic acid groups (broad SMARTS) is 1. The van der Waals surface area contributed by atoms with E-state index in [1.54, 1.807) is 19.2 Å². The minimum Gasteiger partial charge on any atom is -0.480 e. The Hall–Kier alpha value is -1.88. The number of carbonyl (C=O) groups is 2. The summed E-state index contributed by atoms with van der Waals surface area (Å²) >= 11 is 0. The fraction of sp³-hybridized carbons (Fsp3) is 0.385. The molecule has 1 fully saturated rings. The molecule has 1 N–H and O–H groups in total. The van der Waals surface area contributed by atoms with Crippen LogP contribution in [-0.4, -0.2) is 30.1 Å². The normalized spacial score (nSPS) is 19.3. The lowest BCUT2D eigenvalue weighted by Gasteiger charge is -2.21. The van der Waals surface area contributed by atoms with Crippen molar-refractivity contribution in [2.45, 2.75) is 25.5 Å². The van der Waals surface area contributed by atoms with Gasteiger partial charge in [-0.2, -0.15) is 0 Å². The Kier molecular flexibility index (Phi) is 3.62. The van der Waals surface area contributed by atoms with Crippen molar-refractivity contribution in [3.63, 3.8) is 0 Å². The monoisotopic (exact) mass is 249 g/mol. The second-order valence-electron chi connectivity index (χ2n) is 4.26. The first-order chi connectivity index (χ1) is 8.63. The van der Waals surface area contributed by atoms with Crippen molar-refractivity contribution in [2.24, 2.45) is 0 Å². The van der Waals surface area contributed by atoms with E-state index in [0.717, 1.165) is 5.56 Å². The van der Waals surface area contributed by atoms with Crippen LogP contribution in [0.15, 0.2) is 24.3 Å². The third-order valence-electron chi connectivity index (χ3n) is 3.02. The van der Waals surface area contributed by atoms with Gasteiger partial charge in [-0.15, -0.1) is 0 Å². The Balaban J connectivity index is 2.23. The van der Waals surface area contributed by atoms with Crippen molar-refractivity contribution in [1.82, 2.24) is 0 Å². The predicted molar refractivity (Wildman–Crippen MR) is 65.3 cm³/mol. The number of ether oxygens (including phenoxy) is 1. The molecule has 1 amide bonds. The maximum absolute atomic E-state index is 11.7. The molecule has 1 aliphatic heterocycles. The van der Waals surface area contributed by atoms with E-state index in [1.165, 1.54) is 4.90 Å². The summed E-state index contributed by atoms with van der Waals surface area (Å²) in [7, 11) is 1.61. The highest BCUT2D eigenvalue weighted by molar-refractivity contribution is 6.02. The third-order valence-corrected chi connectivity index (χ3v) is 3.02. The van der Waals surface area contributed by atoms with Crippen LogP contribution in [0.2, 0.25) is 0 Å². The van der Waals surface area contributed by atoms with Gasteiger partial charge in [0.15, 0.2) is 0 Å². The van der Waals surface area contributed by atoms with Crippen molar-refractivity contribution >= 4 is 17.6 Å². The van der Waals surface area contributed by atoms with E-state index in [4.69, 9.17) is 9.84 Å². The summed E-state index contributed by atoms with van der Waals surface area (Å²) in [5, 5.41) is 9.09. The molecule has 0 aliphatic carbocycles. The van der Waals surface area contributed by atoms with Crippen LogP contribution in [0.25, 0.3) is 0 Å². The maximum atomic E-state index is 11.7. The molecule has 2 rings (SSSR count). The molecule has 5 nitrogen and oxygen atoms in total. The van der Waals surface area contributed by atoms with Crippen LogP contribution in [0.3, 0.4) is 0 Å². The molecular weight excluding hydrogens is 234 g/mol. The summed E-state index contributed by atoms with van der Waals surface area (Å²) in [6, 6.07) is 6.44. The zero-order valence-corrected chi connectivity index (χ0v) is 10.1. The SMILES string of the molecule is COCc1ccc(N2C(=O)CC[C@H]2C(=O)O)cc1. The number of hydrogen-bond acceptors (Lipinski definition) is 3. The van der Waals surface area contributed by atoms with E-state index in [0.29, 0.717) is 18.7 Å². The van der Waals surface area contributed by atoms with E-state index < -0.39 is 12.0 Å². The highest BCUT2D eigenvalue weighted by atomic mass is 16.5. The quantitative estimate of drug-likeness (QED) is 0.876. The number of amides is 1. The largest absolute Gasteiger partial charge is 0.480 e. The summed E-state index contributed by atoms with van der Waals surface area (Å²) in [5.74, 6) is -1.09. The molecule has 18 heavy (non-hydrogen) atoms. The molecule has 5 heteroatoms. The molecule has 0 aromatic heterocycles. The van der Waals surface area contributed by atoms with Gasteiger partial charge in [0.1, 0.15) is 6.04 Å². The van der Waals surface area contributed by atoms with Gasteiger partial charge < -0.3 is 9.84 Å². The van der Waals surface area contributed by atoms with Crippen LogP contribution in [0.5, 0.6) is 0 Å². The van der Waals surface area contributed by atoms with Gasteiger partial charge in [0.05, 0.1) is 6.61 Å². The number of nitrogens with zero attached hydrogens (tertiary/aromatic N) is 1. The van der Waals surface area contributed by atoms with Gasteiger partial charge in [-0.25, -0.2) is 4.79 Å². The van der Waals surface area contributed by atoms with E-state index in [9.17, 15) is 9.59 Å². The molecule has 1 heterocycles. The molecule has 96 valence electrons. The number of hydrogen-bond donors (Lipinski definition) is 1. The minimum absolute atomic E-state index is 0.137. The average molecular weight is 249 g/mol. The number of benzene rings is 1. The number of carbonyl (C=O) groups excluding carboxylic acids is 1. The summed E-state index contributed by atoms with van der Waals surface area (Å²) in [6.45, 7) is 0.497. The molecule has 1 aromatic rings. The Morgan fingerprint density at radius 2 is 2.11 bits per heavy atom. The van der Waals surface area contributed by atoms with Gasteiger partial charge in [0, 0.05) is 19.2 Å². The minimum atomic E-state index is -0.957. The molecule has 1 atom stereocenters. The molecule has 0 radical (unpaired) electrons.